The minimum atomic E-state index is 0.569. The molecule has 0 radical (unpaired) electrons. The van der Waals surface area contributed by atoms with Crippen molar-refractivity contribution in [2.24, 2.45) is 0 Å². The number of oxazole rings is 1. The molecule has 21 heavy (non-hydrogen) atoms. The molecule has 2 aromatic carbocycles. The molecule has 0 amide bonds. The Morgan fingerprint density at radius 2 is 1.95 bits per heavy atom. The highest BCUT2D eigenvalue weighted by molar-refractivity contribution is 7.99. The predicted octanol–water partition coefficient (Wildman–Crippen LogP) is 4.11. The van der Waals surface area contributed by atoms with Crippen molar-refractivity contribution in [1.29, 1.82) is 0 Å². The lowest BCUT2D eigenvalue weighted by atomic mass is 10.2. The molecule has 102 valence electrons. The van der Waals surface area contributed by atoms with Crippen molar-refractivity contribution in [2.45, 2.75) is 10.2 Å². The monoisotopic (exact) mass is 293 g/mol. The van der Waals surface area contributed by atoms with Crippen LogP contribution in [-0.4, -0.2) is 9.97 Å². The Balaban J connectivity index is 1.79. The summed E-state index contributed by atoms with van der Waals surface area (Å²) in [4.78, 5) is 8.88. The summed E-state index contributed by atoms with van der Waals surface area (Å²) in [6.45, 7) is 0. The van der Waals surface area contributed by atoms with Gasteiger partial charge < -0.3 is 10.2 Å². The van der Waals surface area contributed by atoms with Crippen LogP contribution in [0.3, 0.4) is 0 Å². The first-order chi connectivity index (χ1) is 10.3. The topological polar surface area (TPSA) is 64.9 Å². The zero-order valence-electron chi connectivity index (χ0n) is 11.0. The molecule has 0 unspecified atom stereocenters. The molecule has 0 bridgehead atoms. The number of fused-ring (bicyclic) bond motifs is 2. The molecule has 2 N–H and O–H groups in total. The summed E-state index contributed by atoms with van der Waals surface area (Å²) < 4.78 is 5.73. The van der Waals surface area contributed by atoms with E-state index in [1.807, 2.05) is 30.3 Å². The second kappa shape index (κ2) is 4.79. The van der Waals surface area contributed by atoms with Crippen LogP contribution < -0.4 is 5.73 Å². The molecule has 0 aliphatic carbocycles. The molecule has 4 rings (SSSR count). The number of hydrogen-bond donors (Lipinski definition) is 1. The number of pyridine rings is 1. The third-order valence-corrected chi connectivity index (χ3v) is 4.08. The number of nitrogen functional groups attached to an aromatic ring is 1. The number of nitrogens with two attached hydrogens (primary N) is 1. The van der Waals surface area contributed by atoms with E-state index in [1.165, 1.54) is 11.8 Å². The molecular formula is C16H11N3OS. The minimum Gasteiger partial charge on any atom is -0.431 e. The maximum atomic E-state index is 5.76. The fraction of sp³-hybridized carbons (Fsp3) is 0. The molecule has 5 heteroatoms. The van der Waals surface area contributed by atoms with Crippen molar-refractivity contribution in [1.82, 2.24) is 9.97 Å². The summed E-state index contributed by atoms with van der Waals surface area (Å²) in [6, 6.07) is 15.6. The van der Waals surface area contributed by atoms with Crippen molar-refractivity contribution in [3.05, 3.63) is 54.7 Å². The highest BCUT2D eigenvalue weighted by atomic mass is 32.2. The van der Waals surface area contributed by atoms with Gasteiger partial charge in [0, 0.05) is 17.3 Å². The fourth-order valence-corrected chi connectivity index (χ4v) is 3.07. The molecule has 0 aliphatic heterocycles. The van der Waals surface area contributed by atoms with Crippen molar-refractivity contribution >= 4 is 39.3 Å². The van der Waals surface area contributed by atoms with E-state index in [0.717, 1.165) is 26.9 Å². The van der Waals surface area contributed by atoms with Gasteiger partial charge in [0.25, 0.3) is 5.22 Å². The Morgan fingerprint density at radius 1 is 1.05 bits per heavy atom. The standard InChI is InChI=1S/C16H11N3OS/c17-11-5-6-14-13(9-11)19-16(20-14)21-15-12-4-2-1-3-10(12)7-8-18-15/h1-9H,17H2. The van der Waals surface area contributed by atoms with Gasteiger partial charge in [-0.3, -0.25) is 0 Å². The van der Waals surface area contributed by atoms with Crippen LogP contribution in [0.25, 0.3) is 21.9 Å². The quantitative estimate of drug-likeness (QED) is 0.563. The van der Waals surface area contributed by atoms with Gasteiger partial charge in [-0.1, -0.05) is 24.3 Å². The molecule has 0 spiro atoms. The average molecular weight is 293 g/mol. The largest absolute Gasteiger partial charge is 0.431 e. The number of hydrogen-bond acceptors (Lipinski definition) is 5. The van der Waals surface area contributed by atoms with Crippen LogP contribution in [0.2, 0.25) is 0 Å². The molecule has 0 aliphatic rings. The molecule has 2 aromatic heterocycles. The van der Waals surface area contributed by atoms with Gasteiger partial charge in [-0.25, -0.2) is 9.97 Å². The summed E-state index contributed by atoms with van der Waals surface area (Å²) in [6.07, 6.45) is 1.80. The molecular weight excluding hydrogens is 282 g/mol. The third kappa shape index (κ3) is 2.21. The van der Waals surface area contributed by atoms with Crippen molar-refractivity contribution in [3.63, 3.8) is 0 Å². The van der Waals surface area contributed by atoms with Gasteiger partial charge >= 0.3 is 0 Å². The number of nitrogens with zero attached hydrogens (tertiary/aromatic N) is 2. The maximum absolute atomic E-state index is 5.76. The number of benzene rings is 2. The maximum Gasteiger partial charge on any atom is 0.263 e. The highest BCUT2D eigenvalue weighted by Gasteiger charge is 2.10. The minimum absolute atomic E-state index is 0.569. The van der Waals surface area contributed by atoms with Gasteiger partial charge in [-0.2, -0.15) is 0 Å². The van der Waals surface area contributed by atoms with E-state index >= 15 is 0 Å². The second-order valence-corrected chi connectivity index (χ2v) is 5.59. The smallest absolute Gasteiger partial charge is 0.263 e. The van der Waals surface area contributed by atoms with E-state index in [-0.39, 0.29) is 0 Å². The third-order valence-electron chi connectivity index (χ3n) is 3.21. The van der Waals surface area contributed by atoms with Crippen LogP contribution in [0.15, 0.2) is 69.4 Å². The Bertz CT molecular complexity index is 943. The molecule has 4 aromatic rings. The predicted molar refractivity (Wildman–Crippen MR) is 84.3 cm³/mol. The number of anilines is 1. The van der Waals surface area contributed by atoms with E-state index < -0.39 is 0 Å². The van der Waals surface area contributed by atoms with Crippen molar-refractivity contribution in [2.75, 3.05) is 5.73 Å². The summed E-state index contributed by atoms with van der Waals surface area (Å²) in [5.41, 5.74) is 7.93. The fourth-order valence-electron chi connectivity index (χ4n) is 2.22. The summed E-state index contributed by atoms with van der Waals surface area (Å²) >= 11 is 1.42. The Kier molecular flexibility index (Phi) is 2.79. The summed E-state index contributed by atoms with van der Waals surface area (Å²) in [5.74, 6) is 0. The van der Waals surface area contributed by atoms with Gasteiger partial charge in [-0.15, -0.1) is 0 Å². The van der Waals surface area contributed by atoms with E-state index in [2.05, 4.69) is 16.0 Å². The van der Waals surface area contributed by atoms with Crippen LogP contribution in [0, 0.1) is 0 Å². The Labute approximate surface area is 125 Å². The average Bonchev–Trinajstić information content (AvgIpc) is 2.89. The second-order valence-electron chi connectivity index (χ2n) is 4.65. The van der Waals surface area contributed by atoms with Gasteiger partial charge in [0.15, 0.2) is 5.58 Å². The summed E-state index contributed by atoms with van der Waals surface area (Å²) in [7, 11) is 0. The van der Waals surface area contributed by atoms with Crippen molar-refractivity contribution in [3.8, 4) is 0 Å². The molecule has 2 heterocycles. The van der Waals surface area contributed by atoms with E-state index in [4.69, 9.17) is 10.2 Å². The zero-order chi connectivity index (χ0) is 14.2. The van der Waals surface area contributed by atoms with Crippen LogP contribution in [0.1, 0.15) is 0 Å². The lowest BCUT2D eigenvalue weighted by molar-refractivity contribution is 0.489. The first kappa shape index (κ1) is 12.2. The van der Waals surface area contributed by atoms with Gasteiger partial charge in [0.1, 0.15) is 10.5 Å². The van der Waals surface area contributed by atoms with Crippen molar-refractivity contribution < 1.29 is 4.42 Å². The van der Waals surface area contributed by atoms with Crippen LogP contribution in [0.5, 0.6) is 0 Å². The summed E-state index contributed by atoms with van der Waals surface area (Å²) in [5, 5.41) is 3.69. The van der Waals surface area contributed by atoms with E-state index in [1.54, 1.807) is 18.3 Å². The van der Waals surface area contributed by atoms with E-state index in [9.17, 15) is 0 Å². The molecule has 0 saturated heterocycles. The first-order valence-corrected chi connectivity index (χ1v) is 7.29. The van der Waals surface area contributed by atoms with Gasteiger partial charge in [0.2, 0.25) is 0 Å². The SMILES string of the molecule is Nc1ccc2oc(Sc3nccc4ccccc34)nc2c1. The molecule has 0 saturated carbocycles. The van der Waals surface area contributed by atoms with Crippen LogP contribution in [-0.2, 0) is 0 Å². The normalized spacial score (nSPS) is 11.2. The lowest BCUT2D eigenvalue weighted by Gasteiger charge is -2.01. The first-order valence-electron chi connectivity index (χ1n) is 6.47. The number of rotatable bonds is 2. The Morgan fingerprint density at radius 3 is 2.90 bits per heavy atom. The molecule has 4 nitrogen and oxygen atoms in total. The molecule has 0 fully saturated rings. The van der Waals surface area contributed by atoms with Crippen LogP contribution in [0.4, 0.5) is 5.69 Å². The number of aromatic nitrogens is 2. The highest BCUT2D eigenvalue weighted by Crippen LogP contribution is 2.33. The Hall–Kier alpha value is -2.53. The van der Waals surface area contributed by atoms with Gasteiger partial charge in [0.05, 0.1) is 0 Å². The zero-order valence-corrected chi connectivity index (χ0v) is 11.8. The van der Waals surface area contributed by atoms with E-state index in [0.29, 0.717) is 10.9 Å². The molecule has 0 atom stereocenters. The lowest BCUT2D eigenvalue weighted by Crippen LogP contribution is -1.83. The van der Waals surface area contributed by atoms with Gasteiger partial charge in [-0.05, 0) is 41.4 Å². The van der Waals surface area contributed by atoms with Crippen LogP contribution >= 0.6 is 11.8 Å².